The van der Waals surface area contributed by atoms with E-state index in [4.69, 9.17) is 27.9 Å². The van der Waals surface area contributed by atoms with Crippen molar-refractivity contribution in [2.45, 2.75) is 37.7 Å². The van der Waals surface area contributed by atoms with Crippen LogP contribution in [0.4, 0.5) is 0 Å². The van der Waals surface area contributed by atoms with Gasteiger partial charge in [0.1, 0.15) is 5.75 Å². The van der Waals surface area contributed by atoms with Crippen LogP contribution in [-0.2, 0) is 4.79 Å². The fourth-order valence-electron chi connectivity index (χ4n) is 3.60. The Hall–Kier alpha value is -0.970. The molecule has 3 rings (SSSR count). The highest BCUT2D eigenvalue weighted by Gasteiger charge is 2.43. The summed E-state index contributed by atoms with van der Waals surface area (Å²) >= 11 is 11.8. The number of likely N-dealkylation sites (tertiary alicyclic amines) is 1. The van der Waals surface area contributed by atoms with E-state index < -0.39 is 5.60 Å². The third kappa shape index (κ3) is 3.76. The maximum Gasteiger partial charge on any atom is 0.260 e. The number of rotatable bonds is 3. The van der Waals surface area contributed by atoms with Gasteiger partial charge in [0.05, 0.1) is 15.6 Å². The maximum absolute atomic E-state index is 12.4. The van der Waals surface area contributed by atoms with Gasteiger partial charge < -0.3 is 14.7 Å². The molecule has 2 fully saturated rings. The van der Waals surface area contributed by atoms with Gasteiger partial charge >= 0.3 is 0 Å². The Kier molecular flexibility index (Phi) is 5.04. The zero-order valence-corrected chi connectivity index (χ0v) is 14.4. The third-order valence-electron chi connectivity index (χ3n) is 5.03. The van der Waals surface area contributed by atoms with Gasteiger partial charge in [0.25, 0.3) is 5.91 Å². The van der Waals surface area contributed by atoms with Crippen molar-refractivity contribution < 1.29 is 14.6 Å². The average Bonchev–Trinajstić information content (AvgIpc) is 2.54. The lowest BCUT2D eigenvalue weighted by Crippen LogP contribution is -2.55. The summed E-state index contributed by atoms with van der Waals surface area (Å²) in [6.07, 6.45) is 4.74. The normalized spacial score (nSPS) is 27.4. The number of piperidine rings is 1. The zero-order chi connectivity index (χ0) is 16.4. The molecule has 126 valence electrons. The van der Waals surface area contributed by atoms with E-state index in [0.29, 0.717) is 35.3 Å². The molecule has 1 N–H and O–H groups in total. The quantitative estimate of drug-likeness (QED) is 0.899. The van der Waals surface area contributed by atoms with Gasteiger partial charge in [0, 0.05) is 25.1 Å². The van der Waals surface area contributed by atoms with Crippen molar-refractivity contribution in [3.63, 3.8) is 0 Å². The highest BCUT2D eigenvalue weighted by molar-refractivity contribution is 6.42. The molecule has 23 heavy (non-hydrogen) atoms. The molecule has 0 unspecified atom stereocenters. The molecule has 1 aromatic rings. The lowest BCUT2D eigenvalue weighted by atomic mass is 9.71. The molecule has 1 aromatic carbocycles. The van der Waals surface area contributed by atoms with Crippen molar-refractivity contribution in [1.82, 2.24) is 4.90 Å². The molecule has 2 aliphatic rings. The first kappa shape index (κ1) is 16.9. The smallest absolute Gasteiger partial charge is 0.260 e. The first-order valence-corrected chi connectivity index (χ1v) is 8.81. The number of benzene rings is 1. The summed E-state index contributed by atoms with van der Waals surface area (Å²) < 4.78 is 5.52. The first-order valence-electron chi connectivity index (χ1n) is 8.06. The highest BCUT2D eigenvalue weighted by atomic mass is 35.5. The van der Waals surface area contributed by atoms with Crippen molar-refractivity contribution in [2.75, 3.05) is 19.7 Å². The zero-order valence-electron chi connectivity index (χ0n) is 12.9. The topological polar surface area (TPSA) is 49.8 Å². The minimum Gasteiger partial charge on any atom is -0.484 e. The number of fused-ring (bicyclic) bond motifs is 1. The van der Waals surface area contributed by atoms with Gasteiger partial charge in [-0.1, -0.05) is 36.0 Å². The molecule has 6 heteroatoms. The molecular formula is C17H21Cl2NO3. The number of nitrogens with zero attached hydrogens (tertiary/aromatic N) is 1. The minimum absolute atomic E-state index is 0.0247. The van der Waals surface area contributed by atoms with E-state index >= 15 is 0 Å². The van der Waals surface area contributed by atoms with E-state index in [1.54, 1.807) is 18.2 Å². The van der Waals surface area contributed by atoms with Crippen LogP contribution < -0.4 is 4.74 Å². The second-order valence-electron chi connectivity index (χ2n) is 6.50. The van der Waals surface area contributed by atoms with E-state index in [-0.39, 0.29) is 18.4 Å². The fourth-order valence-corrected chi connectivity index (χ4v) is 3.89. The van der Waals surface area contributed by atoms with Crippen molar-refractivity contribution in [3.05, 3.63) is 28.2 Å². The first-order chi connectivity index (χ1) is 11.0. The molecule has 1 heterocycles. The number of ether oxygens (including phenoxy) is 1. The molecule has 0 aromatic heterocycles. The summed E-state index contributed by atoms with van der Waals surface area (Å²) in [6.45, 7) is 1.19. The van der Waals surface area contributed by atoms with Crippen molar-refractivity contribution in [2.24, 2.45) is 5.92 Å². The molecule has 1 amide bonds. The van der Waals surface area contributed by atoms with Gasteiger partial charge in [0.15, 0.2) is 6.61 Å². The number of amides is 1. The van der Waals surface area contributed by atoms with Crippen LogP contribution in [0.5, 0.6) is 5.75 Å². The monoisotopic (exact) mass is 357 g/mol. The summed E-state index contributed by atoms with van der Waals surface area (Å²) in [5.74, 6) is 0.668. The van der Waals surface area contributed by atoms with Gasteiger partial charge in [-0.15, -0.1) is 0 Å². The van der Waals surface area contributed by atoms with Gasteiger partial charge in [-0.05, 0) is 31.4 Å². The Morgan fingerprint density at radius 2 is 2.13 bits per heavy atom. The second kappa shape index (κ2) is 6.88. The Labute approximate surface area is 146 Å². The Morgan fingerprint density at radius 1 is 1.30 bits per heavy atom. The predicted octanol–water partition coefficient (Wildman–Crippen LogP) is 3.53. The van der Waals surface area contributed by atoms with Crippen LogP contribution in [0.1, 0.15) is 32.1 Å². The van der Waals surface area contributed by atoms with Crippen LogP contribution in [0.15, 0.2) is 18.2 Å². The van der Waals surface area contributed by atoms with Crippen LogP contribution in [0.2, 0.25) is 10.0 Å². The molecule has 0 radical (unpaired) electrons. The van der Waals surface area contributed by atoms with Gasteiger partial charge in [0.2, 0.25) is 0 Å². The molecule has 0 bridgehead atoms. The fraction of sp³-hybridized carbons (Fsp3) is 0.588. The summed E-state index contributed by atoms with van der Waals surface area (Å²) in [5.41, 5.74) is -0.570. The number of carbonyl (C=O) groups excluding carboxylic acids is 1. The Balaban J connectivity index is 1.55. The van der Waals surface area contributed by atoms with E-state index in [0.717, 1.165) is 25.7 Å². The van der Waals surface area contributed by atoms with E-state index in [1.807, 2.05) is 4.90 Å². The molecule has 1 aliphatic carbocycles. The molecule has 0 spiro atoms. The van der Waals surface area contributed by atoms with Crippen LogP contribution in [0, 0.1) is 5.92 Å². The number of halogens is 2. The molecular weight excluding hydrogens is 337 g/mol. The van der Waals surface area contributed by atoms with Crippen molar-refractivity contribution in [1.29, 1.82) is 0 Å². The van der Waals surface area contributed by atoms with Crippen molar-refractivity contribution in [3.8, 4) is 5.75 Å². The van der Waals surface area contributed by atoms with Crippen LogP contribution >= 0.6 is 23.2 Å². The molecule has 2 atom stereocenters. The highest BCUT2D eigenvalue weighted by Crippen LogP contribution is 2.39. The summed E-state index contributed by atoms with van der Waals surface area (Å²) in [5, 5.41) is 11.5. The molecule has 4 nitrogen and oxygen atoms in total. The van der Waals surface area contributed by atoms with Gasteiger partial charge in [-0.2, -0.15) is 0 Å². The van der Waals surface area contributed by atoms with Crippen LogP contribution in [0.25, 0.3) is 0 Å². The van der Waals surface area contributed by atoms with Crippen LogP contribution in [0.3, 0.4) is 0 Å². The Morgan fingerprint density at radius 3 is 2.91 bits per heavy atom. The van der Waals surface area contributed by atoms with E-state index in [9.17, 15) is 9.90 Å². The van der Waals surface area contributed by atoms with Gasteiger partial charge in [-0.3, -0.25) is 4.79 Å². The number of carbonyl (C=O) groups is 1. The predicted molar refractivity (Wildman–Crippen MR) is 90.1 cm³/mol. The lowest BCUT2D eigenvalue weighted by Gasteiger charge is -2.47. The van der Waals surface area contributed by atoms with E-state index in [1.165, 1.54) is 0 Å². The van der Waals surface area contributed by atoms with Crippen LogP contribution in [-0.4, -0.2) is 41.2 Å². The maximum atomic E-state index is 12.4. The van der Waals surface area contributed by atoms with E-state index in [2.05, 4.69) is 0 Å². The third-order valence-corrected chi connectivity index (χ3v) is 5.77. The SMILES string of the molecule is O=C(COc1ccc(Cl)c(Cl)c1)N1CC[C@@]2(O)CCCC[C@H]2C1. The second-order valence-corrected chi connectivity index (χ2v) is 7.32. The summed E-state index contributed by atoms with van der Waals surface area (Å²) in [4.78, 5) is 14.2. The average molecular weight is 358 g/mol. The Bertz CT molecular complexity index is 595. The molecule has 1 saturated heterocycles. The molecule has 1 saturated carbocycles. The number of hydrogen-bond donors (Lipinski definition) is 1. The summed E-state index contributed by atoms with van der Waals surface area (Å²) in [6, 6.07) is 4.94. The number of aliphatic hydroxyl groups is 1. The largest absolute Gasteiger partial charge is 0.484 e. The minimum atomic E-state index is -0.570. The number of hydrogen-bond acceptors (Lipinski definition) is 3. The van der Waals surface area contributed by atoms with Crippen molar-refractivity contribution >= 4 is 29.1 Å². The lowest BCUT2D eigenvalue weighted by molar-refractivity contribution is -0.145. The molecule has 1 aliphatic heterocycles. The summed E-state index contributed by atoms with van der Waals surface area (Å²) in [7, 11) is 0. The van der Waals surface area contributed by atoms with Gasteiger partial charge in [-0.25, -0.2) is 0 Å². The standard InChI is InChI=1S/C17H21Cl2NO3/c18-14-5-4-13(9-15(14)19)23-11-16(21)20-8-7-17(22)6-2-1-3-12(17)10-20/h4-5,9,12,22H,1-3,6-8,10-11H2/t12-,17-/m0/s1.